The van der Waals surface area contributed by atoms with Crippen molar-refractivity contribution in [2.75, 3.05) is 7.11 Å². The summed E-state index contributed by atoms with van der Waals surface area (Å²) in [7, 11) is 1.62. The molecular weight excluding hydrogens is 250 g/mol. The molecule has 0 aliphatic heterocycles. The zero-order chi connectivity index (χ0) is 14.6. The third kappa shape index (κ3) is 3.29. The first-order valence-corrected chi connectivity index (χ1v) is 6.72. The molecule has 1 heterocycles. The van der Waals surface area contributed by atoms with Crippen LogP contribution in [0.25, 0.3) is 0 Å². The number of pyridine rings is 1. The number of hydrogen-bond donors (Lipinski definition) is 0. The third-order valence-electron chi connectivity index (χ3n) is 3.12. The monoisotopic (exact) mass is 271 g/mol. The lowest BCUT2D eigenvalue weighted by atomic mass is 9.86. The van der Waals surface area contributed by atoms with Gasteiger partial charge in [-0.25, -0.2) is 4.98 Å². The molecule has 0 unspecified atom stereocenters. The lowest BCUT2D eigenvalue weighted by Gasteiger charge is -2.22. The second-order valence-corrected chi connectivity index (χ2v) is 5.71. The number of benzene rings is 1. The second kappa shape index (κ2) is 5.95. The van der Waals surface area contributed by atoms with E-state index in [2.05, 4.69) is 31.8 Å². The molecule has 0 atom stereocenters. The smallest absolute Gasteiger partial charge is 0.219 e. The maximum Gasteiger partial charge on any atom is 0.219 e. The fourth-order valence-electron chi connectivity index (χ4n) is 2.09. The van der Waals surface area contributed by atoms with E-state index in [1.54, 1.807) is 13.3 Å². The number of aromatic nitrogens is 1. The third-order valence-corrected chi connectivity index (χ3v) is 3.12. The van der Waals surface area contributed by atoms with Gasteiger partial charge in [-0.15, -0.1) is 0 Å². The summed E-state index contributed by atoms with van der Waals surface area (Å²) in [5, 5.41) is 0. The fourth-order valence-corrected chi connectivity index (χ4v) is 2.09. The van der Waals surface area contributed by atoms with Gasteiger partial charge >= 0.3 is 0 Å². The molecule has 1 aromatic carbocycles. The largest absolute Gasteiger partial charge is 0.488 e. The predicted octanol–water partition coefficient (Wildman–Crippen LogP) is 3.97. The van der Waals surface area contributed by atoms with Crippen LogP contribution in [0.4, 0.5) is 0 Å². The number of para-hydroxylation sites is 1. The summed E-state index contributed by atoms with van der Waals surface area (Å²) in [5.41, 5.74) is 2.19. The Morgan fingerprint density at radius 1 is 1.05 bits per heavy atom. The first kappa shape index (κ1) is 14.4. The molecule has 2 rings (SSSR count). The van der Waals surface area contributed by atoms with Crippen LogP contribution in [-0.4, -0.2) is 12.1 Å². The Hall–Kier alpha value is -2.03. The van der Waals surface area contributed by atoms with E-state index in [1.807, 2.05) is 30.3 Å². The normalized spacial score (nSPS) is 11.2. The molecule has 0 aliphatic rings. The van der Waals surface area contributed by atoms with Crippen molar-refractivity contribution in [1.29, 1.82) is 0 Å². The highest BCUT2D eigenvalue weighted by molar-refractivity contribution is 5.38. The Bertz CT molecular complexity index is 573. The van der Waals surface area contributed by atoms with E-state index in [1.165, 1.54) is 5.56 Å². The van der Waals surface area contributed by atoms with Gasteiger partial charge in [0.05, 0.1) is 12.7 Å². The summed E-state index contributed by atoms with van der Waals surface area (Å²) in [6.45, 7) is 6.99. The first-order chi connectivity index (χ1) is 9.52. The minimum Gasteiger partial charge on any atom is -0.488 e. The van der Waals surface area contributed by atoms with E-state index >= 15 is 0 Å². The van der Waals surface area contributed by atoms with Crippen LogP contribution in [0.2, 0.25) is 0 Å². The molecule has 0 fully saturated rings. The number of rotatable bonds is 4. The van der Waals surface area contributed by atoms with Crippen molar-refractivity contribution < 1.29 is 9.47 Å². The lowest BCUT2D eigenvalue weighted by Crippen LogP contribution is -2.13. The van der Waals surface area contributed by atoms with Crippen molar-refractivity contribution in [2.24, 2.45) is 0 Å². The first-order valence-electron chi connectivity index (χ1n) is 6.72. The van der Waals surface area contributed by atoms with E-state index in [0.29, 0.717) is 12.5 Å². The van der Waals surface area contributed by atoms with Gasteiger partial charge in [0.25, 0.3) is 0 Å². The van der Waals surface area contributed by atoms with Crippen LogP contribution in [-0.2, 0) is 12.0 Å². The van der Waals surface area contributed by atoms with Gasteiger partial charge in [0.2, 0.25) is 5.88 Å². The summed E-state index contributed by atoms with van der Waals surface area (Å²) in [5.74, 6) is 1.52. The molecule has 0 spiro atoms. The average Bonchev–Trinajstić information content (AvgIpc) is 2.44. The lowest BCUT2D eigenvalue weighted by molar-refractivity contribution is 0.286. The van der Waals surface area contributed by atoms with Gasteiger partial charge in [0.15, 0.2) is 0 Å². The van der Waals surface area contributed by atoms with Crippen molar-refractivity contribution in [3.63, 3.8) is 0 Å². The maximum absolute atomic E-state index is 5.97. The van der Waals surface area contributed by atoms with Crippen LogP contribution in [0.5, 0.6) is 11.6 Å². The van der Waals surface area contributed by atoms with Crippen LogP contribution in [0.1, 0.15) is 31.9 Å². The molecule has 0 radical (unpaired) electrons. The Morgan fingerprint density at radius 3 is 2.50 bits per heavy atom. The van der Waals surface area contributed by atoms with E-state index in [9.17, 15) is 0 Å². The van der Waals surface area contributed by atoms with Crippen LogP contribution >= 0.6 is 0 Å². The number of ether oxygens (including phenoxy) is 2. The van der Waals surface area contributed by atoms with Crippen molar-refractivity contribution in [3.8, 4) is 11.6 Å². The van der Waals surface area contributed by atoms with Crippen molar-refractivity contribution >= 4 is 0 Å². The molecule has 3 heteroatoms. The Balaban J connectivity index is 2.20. The van der Waals surface area contributed by atoms with Crippen LogP contribution in [0.15, 0.2) is 42.6 Å². The van der Waals surface area contributed by atoms with Gasteiger partial charge in [-0.05, 0) is 29.2 Å². The number of methoxy groups -OCH3 is 1. The van der Waals surface area contributed by atoms with Gasteiger partial charge < -0.3 is 9.47 Å². The van der Waals surface area contributed by atoms with E-state index in [0.717, 1.165) is 11.3 Å². The molecule has 0 bridgehead atoms. The van der Waals surface area contributed by atoms with Crippen molar-refractivity contribution in [2.45, 2.75) is 32.8 Å². The van der Waals surface area contributed by atoms with Crippen molar-refractivity contribution in [1.82, 2.24) is 4.98 Å². The van der Waals surface area contributed by atoms with Crippen molar-refractivity contribution in [3.05, 3.63) is 53.7 Å². The quantitative estimate of drug-likeness (QED) is 0.843. The predicted molar refractivity (Wildman–Crippen MR) is 80.3 cm³/mol. The molecule has 0 N–H and O–H groups in total. The Morgan fingerprint density at radius 2 is 1.80 bits per heavy atom. The van der Waals surface area contributed by atoms with Crippen LogP contribution < -0.4 is 9.47 Å². The standard InChI is InChI=1S/C17H21NO2/c1-17(2,3)14-9-5-6-10-15(14)20-12-13-8-7-11-18-16(13)19-4/h5-11H,12H2,1-4H3. The zero-order valence-electron chi connectivity index (χ0n) is 12.5. The molecule has 0 amide bonds. The summed E-state index contributed by atoms with van der Waals surface area (Å²) in [6, 6.07) is 12.0. The van der Waals surface area contributed by atoms with Gasteiger partial charge in [0.1, 0.15) is 12.4 Å². The summed E-state index contributed by atoms with van der Waals surface area (Å²) in [6.07, 6.45) is 1.71. The Kier molecular flexibility index (Phi) is 4.28. The van der Waals surface area contributed by atoms with E-state index < -0.39 is 0 Å². The van der Waals surface area contributed by atoms with Gasteiger partial charge in [0, 0.05) is 6.20 Å². The summed E-state index contributed by atoms with van der Waals surface area (Å²) < 4.78 is 11.2. The molecule has 2 aromatic rings. The molecule has 106 valence electrons. The molecule has 0 aliphatic carbocycles. The zero-order valence-corrected chi connectivity index (χ0v) is 12.5. The molecule has 0 saturated heterocycles. The van der Waals surface area contributed by atoms with Crippen LogP contribution in [0, 0.1) is 0 Å². The SMILES string of the molecule is COc1ncccc1COc1ccccc1C(C)(C)C. The Labute approximate surface area is 120 Å². The maximum atomic E-state index is 5.97. The topological polar surface area (TPSA) is 31.4 Å². The molecule has 1 aromatic heterocycles. The second-order valence-electron chi connectivity index (χ2n) is 5.71. The average molecular weight is 271 g/mol. The molecular formula is C17H21NO2. The highest BCUT2D eigenvalue weighted by Crippen LogP contribution is 2.31. The summed E-state index contributed by atoms with van der Waals surface area (Å²) >= 11 is 0. The van der Waals surface area contributed by atoms with E-state index in [4.69, 9.17) is 9.47 Å². The summed E-state index contributed by atoms with van der Waals surface area (Å²) in [4.78, 5) is 4.18. The van der Waals surface area contributed by atoms with Gasteiger partial charge in [-0.1, -0.05) is 39.0 Å². The van der Waals surface area contributed by atoms with Crippen LogP contribution in [0.3, 0.4) is 0 Å². The number of nitrogens with zero attached hydrogens (tertiary/aromatic N) is 1. The fraction of sp³-hybridized carbons (Fsp3) is 0.353. The molecule has 20 heavy (non-hydrogen) atoms. The number of hydrogen-bond acceptors (Lipinski definition) is 3. The highest BCUT2D eigenvalue weighted by Gasteiger charge is 2.18. The van der Waals surface area contributed by atoms with E-state index in [-0.39, 0.29) is 5.41 Å². The molecule has 0 saturated carbocycles. The molecule has 3 nitrogen and oxygen atoms in total. The van der Waals surface area contributed by atoms with Gasteiger partial charge in [-0.2, -0.15) is 0 Å². The minimum absolute atomic E-state index is 0.0512. The van der Waals surface area contributed by atoms with Gasteiger partial charge in [-0.3, -0.25) is 0 Å². The minimum atomic E-state index is 0.0512. The highest BCUT2D eigenvalue weighted by atomic mass is 16.5.